The summed E-state index contributed by atoms with van der Waals surface area (Å²) in [5, 5.41) is 0. The third-order valence-electron chi connectivity index (χ3n) is 3.37. The van der Waals surface area contributed by atoms with Crippen molar-refractivity contribution in [3.63, 3.8) is 0 Å². The van der Waals surface area contributed by atoms with Gasteiger partial charge in [0, 0.05) is 4.47 Å². The first-order valence-electron chi connectivity index (χ1n) is 6.19. The summed E-state index contributed by atoms with van der Waals surface area (Å²) in [5.41, 5.74) is 10.9. The smallest absolute Gasteiger partial charge is 0.119 e. The van der Waals surface area contributed by atoms with Crippen LogP contribution in [-0.4, -0.2) is 7.11 Å². The summed E-state index contributed by atoms with van der Waals surface area (Å²) < 4.78 is 6.31. The minimum atomic E-state index is -0.122. The number of halogens is 1. The molecule has 2 nitrogen and oxygen atoms in total. The molecular weight excluding hydrogens is 302 g/mol. The summed E-state index contributed by atoms with van der Waals surface area (Å²) in [5.74, 6) is 0.860. The van der Waals surface area contributed by atoms with Gasteiger partial charge in [-0.3, -0.25) is 0 Å². The molecule has 1 atom stereocenters. The number of aryl methyl sites for hydroxylation is 2. The summed E-state index contributed by atoms with van der Waals surface area (Å²) in [7, 11) is 1.67. The van der Waals surface area contributed by atoms with E-state index in [1.165, 1.54) is 5.56 Å². The highest BCUT2D eigenvalue weighted by Crippen LogP contribution is 2.28. The van der Waals surface area contributed by atoms with Gasteiger partial charge in [-0.25, -0.2) is 0 Å². The zero-order chi connectivity index (χ0) is 14.0. The Morgan fingerprint density at radius 3 is 2.37 bits per heavy atom. The molecule has 0 spiro atoms. The molecule has 0 saturated heterocycles. The Hall–Kier alpha value is -1.32. The van der Waals surface area contributed by atoms with E-state index >= 15 is 0 Å². The Bertz CT molecular complexity index is 595. The molecule has 0 bridgehead atoms. The van der Waals surface area contributed by atoms with Gasteiger partial charge in [-0.2, -0.15) is 0 Å². The van der Waals surface area contributed by atoms with E-state index in [2.05, 4.69) is 48.0 Å². The third kappa shape index (κ3) is 2.99. The van der Waals surface area contributed by atoms with E-state index < -0.39 is 0 Å². The molecule has 0 fully saturated rings. The van der Waals surface area contributed by atoms with Gasteiger partial charge >= 0.3 is 0 Å². The summed E-state index contributed by atoms with van der Waals surface area (Å²) in [4.78, 5) is 0. The van der Waals surface area contributed by atoms with Gasteiger partial charge in [0.25, 0.3) is 0 Å². The Morgan fingerprint density at radius 2 is 1.79 bits per heavy atom. The van der Waals surface area contributed by atoms with Gasteiger partial charge in [-0.15, -0.1) is 0 Å². The predicted molar refractivity (Wildman–Crippen MR) is 82.6 cm³/mol. The Morgan fingerprint density at radius 1 is 1.05 bits per heavy atom. The van der Waals surface area contributed by atoms with Crippen LogP contribution in [0, 0.1) is 13.8 Å². The van der Waals surface area contributed by atoms with Crippen molar-refractivity contribution in [1.29, 1.82) is 0 Å². The van der Waals surface area contributed by atoms with Gasteiger partial charge in [0.05, 0.1) is 13.2 Å². The van der Waals surface area contributed by atoms with Crippen LogP contribution in [0.25, 0.3) is 0 Å². The fourth-order valence-corrected chi connectivity index (χ4v) is 2.50. The summed E-state index contributed by atoms with van der Waals surface area (Å²) in [6.07, 6.45) is 0. The largest absolute Gasteiger partial charge is 0.497 e. The van der Waals surface area contributed by atoms with Gasteiger partial charge in [0.15, 0.2) is 0 Å². The quantitative estimate of drug-likeness (QED) is 0.923. The molecule has 2 N–H and O–H groups in total. The Balaban J connectivity index is 2.38. The minimum absolute atomic E-state index is 0.122. The van der Waals surface area contributed by atoms with Crippen molar-refractivity contribution in [2.45, 2.75) is 19.9 Å². The zero-order valence-electron chi connectivity index (χ0n) is 11.4. The van der Waals surface area contributed by atoms with Crippen LogP contribution in [0.15, 0.2) is 40.9 Å². The van der Waals surface area contributed by atoms with Gasteiger partial charge in [0.1, 0.15) is 5.75 Å². The summed E-state index contributed by atoms with van der Waals surface area (Å²) >= 11 is 3.55. The van der Waals surface area contributed by atoms with Crippen molar-refractivity contribution in [2.75, 3.05) is 7.11 Å². The maximum atomic E-state index is 6.37. The van der Waals surface area contributed by atoms with Crippen LogP contribution in [0.5, 0.6) is 5.75 Å². The summed E-state index contributed by atoms with van der Waals surface area (Å²) in [6.45, 7) is 4.12. The molecule has 2 aromatic carbocycles. The maximum absolute atomic E-state index is 6.37. The number of nitrogens with two attached hydrogens (primary N) is 1. The molecule has 0 radical (unpaired) electrons. The third-order valence-corrected chi connectivity index (χ3v) is 4.22. The molecule has 0 aliphatic rings. The van der Waals surface area contributed by atoms with Crippen LogP contribution in [0.1, 0.15) is 28.3 Å². The number of hydrogen-bond acceptors (Lipinski definition) is 2. The standard InChI is InChI=1S/C16H18BrNO/c1-10-4-5-12(9-15(10)17)16(18)14-7-6-13(19-3)8-11(14)2/h4-9,16H,18H2,1-3H3. The second kappa shape index (κ2) is 5.76. The van der Waals surface area contributed by atoms with E-state index in [1.807, 2.05) is 18.2 Å². The zero-order valence-corrected chi connectivity index (χ0v) is 13.0. The molecule has 19 heavy (non-hydrogen) atoms. The average Bonchev–Trinajstić information content (AvgIpc) is 2.41. The number of ether oxygens (including phenoxy) is 1. The van der Waals surface area contributed by atoms with E-state index in [0.717, 1.165) is 26.9 Å². The number of rotatable bonds is 3. The minimum Gasteiger partial charge on any atom is -0.497 e. The highest BCUT2D eigenvalue weighted by atomic mass is 79.9. The predicted octanol–water partition coefficient (Wildman–Crippen LogP) is 4.12. The topological polar surface area (TPSA) is 35.2 Å². The van der Waals surface area contributed by atoms with E-state index in [1.54, 1.807) is 7.11 Å². The second-order valence-electron chi connectivity index (χ2n) is 4.71. The number of benzene rings is 2. The van der Waals surface area contributed by atoms with Crippen LogP contribution in [0.3, 0.4) is 0 Å². The molecule has 2 aromatic rings. The molecule has 3 heteroatoms. The fourth-order valence-electron chi connectivity index (χ4n) is 2.11. The van der Waals surface area contributed by atoms with E-state index in [9.17, 15) is 0 Å². The maximum Gasteiger partial charge on any atom is 0.119 e. The lowest BCUT2D eigenvalue weighted by molar-refractivity contribution is 0.414. The first kappa shape index (κ1) is 14.1. The van der Waals surface area contributed by atoms with E-state index in [-0.39, 0.29) is 6.04 Å². The van der Waals surface area contributed by atoms with Crippen LogP contribution in [0.2, 0.25) is 0 Å². The van der Waals surface area contributed by atoms with Crippen LogP contribution < -0.4 is 10.5 Å². The van der Waals surface area contributed by atoms with Crippen molar-refractivity contribution < 1.29 is 4.74 Å². The Kier molecular flexibility index (Phi) is 4.27. The van der Waals surface area contributed by atoms with Crippen LogP contribution >= 0.6 is 15.9 Å². The van der Waals surface area contributed by atoms with Gasteiger partial charge in [0.2, 0.25) is 0 Å². The normalized spacial score (nSPS) is 12.3. The molecule has 0 aliphatic heterocycles. The first-order valence-corrected chi connectivity index (χ1v) is 6.98. The molecule has 0 aromatic heterocycles. The lowest BCUT2D eigenvalue weighted by Gasteiger charge is -2.17. The molecule has 1 unspecified atom stereocenters. The van der Waals surface area contributed by atoms with Crippen LogP contribution in [0.4, 0.5) is 0 Å². The van der Waals surface area contributed by atoms with Crippen molar-refractivity contribution in [1.82, 2.24) is 0 Å². The molecule has 0 saturated carbocycles. The van der Waals surface area contributed by atoms with Crippen molar-refractivity contribution in [3.8, 4) is 5.75 Å². The van der Waals surface area contributed by atoms with Gasteiger partial charge < -0.3 is 10.5 Å². The van der Waals surface area contributed by atoms with Gasteiger partial charge in [-0.05, 0) is 54.3 Å². The molecule has 0 amide bonds. The molecule has 0 aliphatic carbocycles. The molecule has 0 heterocycles. The van der Waals surface area contributed by atoms with E-state index in [4.69, 9.17) is 10.5 Å². The second-order valence-corrected chi connectivity index (χ2v) is 5.56. The highest BCUT2D eigenvalue weighted by Gasteiger charge is 2.12. The monoisotopic (exact) mass is 319 g/mol. The number of hydrogen-bond donors (Lipinski definition) is 1. The van der Waals surface area contributed by atoms with Gasteiger partial charge in [-0.1, -0.05) is 34.1 Å². The highest BCUT2D eigenvalue weighted by molar-refractivity contribution is 9.10. The number of methoxy groups -OCH3 is 1. The molecule has 100 valence electrons. The van der Waals surface area contributed by atoms with Crippen molar-refractivity contribution in [2.24, 2.45) is 5.73 Å². The molecule has 2 rings (SSSR count). The fraction of sp³-hybridized carbons (Fsp3) is 0.250. The Labute approximate surface area is 122 Å². The van der Waals surface area contributed by atoms with E-state index in [0.29, 0.717) is 0 Å². The first-order chi connectivity index (χ1) is 9.02. The summed E-state index contributed by atoms with van der Waals surface area (Å²) in [6, 6.07) is 12.1. The lowest BCUT2D eigenvalue weighted by atomic mass is 9.95. The lowest BCUT2D eigenvalue weighted by Crippen LogP contribution is -2.13. The van der Waals surface area contributed by atoms with Crippen molar-refractivity contribution in [3.05, 3.63) is 63.1 Å². The average molecular weight is 320 g/mol. The van der Waals surface area contributed by atoms with Crippen molar-refractivity contribution >= 4 is 15.9 Å². The van der Waals surface area contributed by atoms with Crippen LogP contribution in [-0.2, 0) is 0 Å². The molecular formula is C16H18BrNO. The SMILES string of the molecule is COc1ccc(C(N)c2ccc(C)c(Br)c2)c(C)c1.